The average Bonchev–Trinajstić information content (AvgIpc) is 3.14. The number of ketones is 2. The van der Waals surface area contributed by atoms with Gasteiger partial charge in [0.05, 0.1) is 12.7 Å². The van der Waals surface area contributed by atoms with E-state index in [9.17, 15) is 19.7 Å². The quantitative estimate of drug-likeness (QED) is 0.137. The van der Waals surface area contributed by atoms with Crippen LogP contribution in [0.4, 0.5) is 0 Å². The second-order valence-corrected chi connectivity index (χ2v) is 20.0. The molecule has 8 heteroatoms. The molecule has 0 bridgehead atoms. The van der Waals surface area contributed by atoms with Crippen molar-refractivity contribution in [2.75, 3.05) is 6.61 Å². The minimum absolute atomic E-state index is 0.00703. The van der Waals surface area contributed by atoms with E-state index in [0.29, 0.717) is 37.0 Å². The normalized spacial score (nSPS) is 22.2. The SMILES string of the molecule is C/C(=C\c1ccc(O)cc1)CC[C@H]1OB(O)C[C@H]2C1=C(CO[Si](c1ccccc1)(c1ccccc1)C(C)(C)C)C[C@H]1C(=O)c3ccccc3C(=O)[C@H]12. The lowest BCUT2D eigenvalue weighted by molar-refractivity contribution is 0.0591. The fourth-order valence-electron chi connectivity index (χ4n) is 9.04. The molecule has 3 aliphatic rings. The molecule has 0 unspecified atom stereocenters. The first kappa shape index (κ1) is 36.0. The zero-order valence-electron chi connectivity index (χ0n) is 30.4. The fourth-order valence-corrected chi connectivity index (χ4v) is 13.6. The van der Waals surface area contributed by atoms with Crippen LogP contribution in [0.5, 0.6) is 5.75 Å². The Balaban J connectivity index is 1.32. The van der Waals surface area contributed by atoms with Gasteiger partial charge >= 0.3 is 7.12 Å². The zero-order valence-corrected chi connectivity index (χ0v) is 31.4. The summed E-state index contributed by atoms with van der Waals surface area (Å²) in [5.41, 5.74) is 5.11. The molecule has 1 heterocycles. The lowest BCUT2D eigenvalue weighted by Crippen LogP contribution is -2.66. The number of hydrogen-bond donors (Lipinski definition) is 2. The van der Waals surface area contributed by atoms with Crippen molar-refractivity contribution in [3.63, 3.8) is 0 Å². The van der Waals surface area contributed by atoms with Crippen LogP contribution in [-0.4, -0.2) is 49.8 Å². The van der Waals surface area contributed by atoms with Crippen molar-refractivity contribution in [1.82, 2.24) is 0 Å². The topological polar surface area (TPSA) is 93.1 Å². The summed E-state index contributed by atoms with van der Waals surface area (Å²) in [6.45, 7) is 9.13. The Kier molecular flexibility index (Phi) is 10.1. The van der Waals surface area contributed by atoms with Crippen LogP contribution in [0.2, 0.25) is 11.4 Å². The molecule has 1 aliphatic heterocycles. The van der Waals surface area contributed by atoms with E-state index in [1.54, 1.807) is 24.3 Å². The van der Waals surface area contributed by atoms with Crippen molar-refractivity contribution >= 4 is 43.5 Å². The Morgan fingerprint density at radius 3 is 2.02 bits per heavy atom. The molecule has 266 valence electrons. The molecule has 0 saturated carbocycles. The molecule has 2 aliphatic carbocycles. The average molecular weight is 711 g/mol. The highest BCUT2D eigenvalue weighted by Gasteiger charge is 2.55. The van der Waals surface area contributed by atoms with Gasteiger partial charge < -0.3 is 19.2 Å². The minimum Gasteiger partial charge on any atom is -0.508 e. The third-order valence-electron chi connectivity index (χ3n) is 11.3. The van der Waals surface area contributed by atoms with Crippen LogP contribution < -0.4 is 10.4 Å². The monoisotopic (exact) mass is 710 g/mol. The molecule has 1 fully saturated rings. The first-order valence-electron chi connectivity index (χ1n) is 18.4. The number of carbonyl (C=O) groups is 2. The Hall–Kier alpha value is -4.34. The smallest absolute Gasteiger partial charge is 0.455 e. The van der Waals surface area contributed by atoms with Gasteiger partial charge in [-0.15, -0.1) is 0 Å². The molecule has 0 radical (unpaired) electrons. The van der Waals surface area contributed by atoms with Crippen LogP contribution in [0.3, 0.4) is 0 Å². The van der Waals surface area contributed by atoms with Crippen molar-refractivity contribution < 1.29 is 28.8 Å². The number of rotatable bonds is 9. The van der Waals surface area contributed by atoms with Crippen molar-refractivity contribution in [2.24, 2.45) is 17.8 Å². The molecule has 4 aromatic carbocycles. The number of phenolic OH excluding ortho intramolecular Hbond substituents is 1. The third kappa shape index (κ3) is 6.69. The predicted octanol–water partition coefficient (Wildman–Crippen LogP) is 7.66. The molecule has 4 aromatic rings. The van der Waals surface area contributed by atoms with Gasteiger partial charge in [-0.3, -0.25) is 9.59 Å². The maximum absolute atomic E-state index is 14.3. The van der Waals surface area contributed by atoms with Gasteiger partial charge in [0.15, 0.2) is 11.6 Å². The van der Waals surface area contributed by atoms with Gasteiger partial charge in [0.2, 0.25) is 0 Å². The molecule has 7 rings (SSSR count). The molecular weight excluding hydrogens is 663 g/mol. The highest BCUT2D eigenvalue weighted by molar-refractivity contribution is 6.99. The Labute approximate surface area is 308 Å². The van der Waals surface area contributed by atoms with E-state index in [1.165, 1.54) is 10.4 Å². The highest BCUT2D eigenvalue weighted by atomic mass is 28.4. The maximum Gasteiger partial charge on any atom is 0.455 e. The van der Waals surface area contributed by atoms with Gasteiger partial charge in [0.1, 0.15) is 5.75 Å². The number of benzene rings is 4. The number of fused-ring (bicyclic) bond motifs is 4. The molecule has 0 amide bonds. The van der Waals surface area contributed by atoms with Crippen LogP contribution in [0, 0.1) is 17.8 Å². The number of carbonyl (C=O) groups excluding carboxylic acids is 2. The summed E-state index contributed by atoms with van der Waals surface area (Å²) >= 11 is 0. The maximum atomic E-state index is 14.3. The third-order valence-corrected chi connectivity index (χ3v) is 16.3. The first-order chi connectivity index (χ1) is 25.0. The van der Waals surface area contributed by atoms with Crippen molar-refractivity contribution in [3.8, 4) is 5.75 Å². The fraction of sp³-hybridized carbons (Fsp3) is 0.318. The lowest BCUT2D eigenvalue weighted by atomic mass is 9.54. The second-order valence-electron chi connectivity index (χ2n) is 15.7. The van der Waals surface area contributed by atoms with E-state index in [2.05, 4.69) is 82.3 Å². The Bertz CT molecular complexity index is 1960. The first-order valence-corrected chi connectivity index (χ1v) is 20.3. The highest BCUT2D eigenvalue weighted by Crippen LogP contribution is 2.51. The summed E-state index contributed by atoms with van der Waals surface area (Å²) in [5, 5.41) is 23.1. The molecule has 6 nitrogen and oxygen atoms in total. The van der Waals surface area contributed by atoms with Crippen LogP contribution in [-0.2, 0) is 9.08 Å². The zero-order chi connectivity index (χ0) is 36.6. The van der Waals surface area contributed by atoms with Crippen LogP contribution in [0.1, 0.15) is 73.2 Å². The molecule has 2 N–H and O–H groups in total. The van der Waals surface area contributed by atoms with Gasteiger partial charge in [-0.1, -0.05) is 129 Å². The molecule has 0 aromatic heterocycles. The summed E-state index contributed by atoms with van der Waals surface area (Å²) < 4.78 is 13.9. The van der Waals surface area contributed by atoms with Crippen LogP contribution in [0.15, 0.2) is 126 Å². The van der Waals surface area contributed by atoms with E-state index in [0.717, 1.165) is 22.3 Å². The minimum atomic E-state index is -2.94. The number of aromatic hydroxyl groups is 1. The Morgan fingerprint density at radius 1 is 0.846 bits per heavy atom. The lowest BCUT2D eigenvalue weighted by Gasteiger charge is -2.48. The summed E-state index contributed by atoms with van der Waals surface area (Å²) in [7, 11) is -4.00. The Morgan fingerprint density at radius 2 is 1.42 bits per heavy atom. The van der Waals surface area contributed by atoms with Crippen LogP contribution >= 0.6 is 0 Å². The second kappa shape index (κ2) is 14.6. The molecule has 0 spiro atoms. The van der Waals surface area contributed by atoms with Crippen molar-refractivity contribution in [1.29, 1.82) is 0 Å². The van der Waals surface area contributed by atoms with E-state index < -0.39 is 33.4 Å². The van der Waals surface area contributed by atoms with Gasteiger partial charge in [-0.2, -0.15) is 0 Å². The van der Waals surface area contributed by atoms with Gasteiger partial charge in [-0.25, -0.2) is 0 Å². The summed E-state index contributed by atoms with van der Waals surface area (Å²) in [4.78, 5) is 28.6. The number of hydrogen-bond acceptors (Lipinski definition) is 6. The molecule has 52 heavy (non-hydrogen) atoms. The van der Waals surface area contributed by atoms with Crippen LogP contribution in [0.25, 0.3) is 6.08 Å². The molecule has 1 saturated heterocycles. The van der Waals surface area contributed by atoms with E-state index >= 15 is 0 Å². The largest absolute Gasteiger partial charge is 0.508 e. The van der Waals surface area contributed by atoms with E-state index in [4.69, 9.17) is 9.08 Å². The van der Waals surface area contributed by atoms with Gasteiger partial charge in [0, 0.05) is 23.0 Å². The molecular formula is C44H47BO6Si. The predicted molar refractivity (Wildman–Crippen MR) is 209 cm³/mol. The number of Topliss-reactive ketones (excluding diaryl/α,β-unsaturated/α-hetero) is 2. The van der Waals surface area contributed by atoms with Gasteiger partial charge in [-0.05, 0) is 82.7 Å². The summed E-state index contributed by atoms with van der Waals surface area (Å²) in [6, 6.07) is 35.3. The number of allylic oxidation sites excluding steroid dienone is 1. The van der Waals surface area contributed by atoms with E-state index in [-0.39, 0.29) is 34.6 Å². The number of phenols is 1. The van der Waals surface area contributed by atoms with Crippen molar-refractivity contribution in [3.05, 3.63) is 143 Å². The summed E-state index contributed by atoms with van der Waals surface area (Å²) in [6.07, 6.45) is 3.60. The van der Waals surface area contributed by atoms with Crippen molar-refractivity contribution in [2.45, 2.75) is 64.4 Å². The molecule has 4 atom stereocenters. The van der Waals surface area contributed by atoms with E-state index in [1.807, 2.05) is 36.4 Å². The standard InChI is InChI=1S/C44H47BO6Si/c1-29(25-30-20-22-32(46)23-21-30)19-24-39-40-31(28-50-52(44(2,3)4,33-13-7-5-8-14-33)34-15-9-6-10-16-34)26-37-41(38(40)27-45(49)51-39)43(48)36-18-12-11-17-35(36)42(37)47/h5-18,20-23,25,37-39,41,46,49H,19,24,26-28H2,1-4H3/b29-25+/t37-,38+,39-,41-/m1/s1. The van der Waals surface area contributed by atoms with Gasteiger partial charge in [0.25, 0.3) is 8.32 Å². The summed E-state index contributed by atoms with van der Waals surface area (Å²) in [5.74, 6) is -1.26.